The number of fused-ring (bicyclic) bond motifs is 4. The van der Waals surface area contributed by atoms with E-state index in [4.69, 9.17) is 14.4 Å². The van der Waals surface area contributed by atoms with Gasteiger partial charge in [-0.25, -0.2) is 4.98 Å². The Morgan fingerprint density at radius 3 is 1.94 bits per heavy atom. The standard InChI is InChI=1S/C43H36N3O.C18H24NSi.Ir/c1-26(2)34-24-31(29-14-8-6-9-15-29)25-35(27(3)4)40(34)46-38-19-13-12-18-37(38)44-42(46)33-21-20-28(5)39-32-22-23-36(30-16-10-7-11-17-30)45-43(32)47-41(33)39;1-14(2)11-16-12-17(15-9-7-6-8-10-15)19-13-18(16)20(3,4)5;/h6-20,22-27H,1-5H3;6-9,12-14H,11H2,1-5H3;/q2*-1;. The fourth-order valence-corrected chi connectivity index (χ4v) is 10.9. The van der Waals surface area contributed by atoms with Crippen LogP contribution >= 0.6 is 0 Å². The summed E-state index contributed by atoms with van der Waals surface area (Å²) < 4.78 is 9.06. The van der Waals surface area contributed by atoms with Gasteiger partial charge in [-0.05, 0) is 93.7 Å². The minimum atomic E-state index is -1.34. The number of pyridine rings is 2. The second-order valence-electron chi connectivity index (χ2n) is 19.9. The predicted octanol–water partition coefficient (Wildman–Crippen LogP) is 16.0. The monoisotopic (exact) mass is 1090 g/mol. The average molecular weight is 1090 g/mol. The molecule has 7 heteroatoms. The molecule has 345 valence electrons. The number of imidazole rings is 1. The van der Waals surface area contributed by atoms with Crippen LogP contribution in [0.5, 0.6) is 0 Å². The van der Waals surface area contributed by atoms with Gasteiger partial charge >= 0.3 is 0 Å². The van der Waals surface area contributed by atoms with E-state index in [2.05, 4.69) is 205 Å². The summed E-state index contributed by atoms with van der Waals surface area (Å²) in [5, 5.41) is 3.53. The fourth-order valence-electron chi connectivity index (χ4n) is 9.32. The van der Waals surface area contributed by atoms with Crippen molar-refractivity contribution in [2.24, 2.45) is 5.92 Å². The summed E-state index contributed by atoms with van der Waals surface area (Å²) in [5.74, 6) is 2.03. The molecule has 0 unspecified atom stereocenters. The van der Waals surface area contributed by atoms with E-state index in [1.807, 2.05) is 36.4 Å². The van der Waals surface area contributed by atoms with Crippen LogP contribution in [-0.4, -0.2) is 27.6 Å². The van der Waals surface area contributed by atoms with Crippen molar-refractivity contribution in [1.29, 1.82) is 0 Å². The molecule has 0 aliphatic rings. The SMILES string of the molecule is CC(C)Cc1cc(-c2[c-]cccc2)ncc1[Si](C)(C)C.Cc1c[c-]c(-c2nc3ccccc3n2-c2c(C(C)C)cc(-c3ccccc3)cc2C(C)C)c2oc3nc(-c4ccccc4)ccc3c12.[Ir]. The zero-order valence-corrected chi connectivity index (χ0v) is 44.3. The number of para-hydroxylation sites is 2. The molecule has 0 saturated heterocycles. The van der Waals surface area contributed by atoms with Crippen molar-refractivity contribution < 1.29 is 24.5 Å². The Balaban J connectivity index is 0.000000251. The van der Waals surface area contributed by atoms with E-state index in [0.717, 1.165) is 73.3 Å². The van der Waals surface area contributed by atoms with Gasteiger partial charge in [0.05, 0.1) is 36.2 Å². The van der Waals surface area contributed by atoms with Crippen molar-refractivity contribution >= 4 is 46.4 Å². The Hall–Kier alpha value is -6.24. The fraction of sp³-hybridized carbons (Fsp3) is 0.230. The third-order valence-electron chi connectivity index (χ3n) is 12.6. The molecule has 1 radical (unpaired) electrons. The van der Waals surface area contributed by atoms with Crippen molar-refractivity contribution in [3.05, 3.63) is 186 Å². The van der Waals surface area contributed by atoms with Crippen molar-refractivity contribution in [1.82, 2.24) is 19.5 Å². The molecule has 0 fully saturated rings. The Kier molecular flexibility index (Phi) is 14.3. The molecule has 0 N–H and O–H groups in total. The van der Waals surface area contributed by atoms with Crippen LogP contribution in [0.25, 0.3) is 83.8 Å². The quantitative estimate of drug-likeness (QED) is 0.101. The van der Waals surface area contributed by atoms with Gasteiger partial charge in [0.1, 0.15) is 0 Å². The summed E-state index contributed by atoms with van der Waals surface area (Å²) >= 11 is 0. The summed E-state index contributed by atoms with van der Waals surface area (Å²) in [6.07, 6.45) is 3.24. The Morgan fingerprint density at radius 2 is 1.31 bits per heavy atom. The van der Waals surface area contributed by atoms with Crippen LogP contribution in [0.1, 0.15) is 75.6 Å². The molecule has 6 aromatic carbocycles. The third-order valence-corrected chi connectivity index (χ3v) is 14.7. The van der Waals surface area contributed by atoms with Gasteiger partial charge < -0.3 is 14.0 Å². The van der Waals surface area contributed by atoms with E-state index in [-0.39, 0.29) is 31.9 Å². The Labute approximate surface area is 417 Å². The first-order chi connectivity index (χ1) is 32.3. The first-order valence-corrected chi connectivity index (χ1v) is 27.2. The van der Waals surface area contributed by atoms with Gasteiger partial charge in [-0.2, -0.15) is 0 Å². The zero-order chi connectivity index (χ0) is 47.0. The number of rotatable bonds is 10. The summed E-state index contributed by atoms with van der Waals surface area (Å²) in [6.45, 7) is 23.0. The van der Waals surface area contributed by atoms with E-state index in [0.29, 0.717) is 11.6 Å². The first kappa shape index (κ1) is 48.2. The molecule has 10 rings (SSSR count). The number of aromatic nitrogens is 4. The molecule has 0 bridgehead atoms. The van der Waals surface area contributed by atoms with E-state index < -0.39 is 8.07 Å². The Morgan fingerprint density at radius 1 is 0.662 bits per heavy atom. The van der Waals surface area contributed by atoms with Crippen LogP contribution < -0.4 is 5.19 Å². The average Bonchev–Trinajstić information content (AvgIpc) is 3.91. The predicted molar refractivity (Wildman–Crippen MR) is 284 cm³/mol. The zero-order valence-electron chi connectivity index (χ0n) is 40.9. The largest absolute Gasteiger partial charge is 0.486 e. The maximum Gasteiger partial charge on any atom is 0.216 e. The van der Waals surface area contributed by atoms with Crippen LogP contribution in [0.3, 0.4) is 0 Å². The summed E-state index contributed by atoms with van der Waals surface area (Å²) in [6, 6.07) is 57.5. The molecule has 4 aromatic heterocycles. The molecule has 0 atom stereocenters. The van der Waals surface area contributed by atoms with Crippen LogP contribution in [-0.2, 0) is 26.5 Å². The van der Waals surface area contributed by atoms with Gasteiger partial charge in [0.25, 0.3) is 0 Å². The third kappa shape index (κ3) is 9.71. The molecule has 0 aliphatic carbocycles. The van der Waals surface area contributed by atoms with Gasteiger partial charge in [-0.3, -0.25) is 4.98 Å². The molecule has 0 spiro atoms. The summed E-state index contributed by atoms with van der Waals surface area (Å²) in [7, 11) is -1.34. The molecule has 10 aromatic rings. The van der Waals surface area contributed by atoms with Crippen LogP contribution in [0.2, 0.25) is 19.6 Å². The number of aryl methyl sites for hydroxylation is 1. The summed E-state index contributed by atoms with van der Waals surface area (Å²) in [5.41, 5.74) is 17.0. The second-order valence-corrected chi connectivity index (χ2v) is 24.9. The van der Waals surface area contributed by atoms with Crippen LogP contribution in [0.15, 0.2) is 156 Å². The molecule has 0 aliphatic heterocycles. The van der Waals surface area contributed by atoms with E-state index >= 15 is 0 Å². The number of nitrogens with zero attached hydrogens (tertiary/aromatic N) is 4. The maximum absolute atomic E-state index is 6.70. The molecular weight excluding hydrogens is 1030 g/mol. The molecule has 4 heterocycles. The minimum absolute atomic E-state index is 0. The minimum Gasteiger partial charge on any atom is -0.486 e. The van der Waals surface area contributed by atoms with Crippen LogP contribution in [0, 0.1) is 25.0 Å². The number of hydrogen-bond donors (Lipinski definition) is 0. The normalized spacial score (nSPS) is 11.7. The van der Waals surface area contributed by atoms with E-state index in [1.54, 1.807) is 0 Å². The van der Waals surface area contributed by atoms with E-state index in [1.165, 1.54) is 38.7 Å². The van der Waals surface area contributed by atoms with Crippen molar-refractivity contribution in [2.45, 2.75) is 86.4 Å². The molecule has 68 heavy (non-hydrogen) atoms. The smallest absolute Gasteiger partial charge is 0.216 e. The maximum atomic E-state index is 6.70. The molecule has 5 nitrogen and oxygen atoms in total. The van der Waals surface area contributed by atoms with Gasteiger partial charge in [0, 0.05) is 42.9 Å². The van der Waals surface area contributed by atoms with Gasteiger partial charge in [0.2, 0.25) is 5.71 Å². The molecule has 0 amide bonds. The number of furan rings is 1. The summed E-state index contributed by atoms with van der Waals surface area (Å²) in [4.78, 5) is 15.0. The van der Waals surface area contributed by atoms with Crippen molar-refractivity contribution in [3.63, 3.8) is 0 Å². The first-order valence-electron chi connectivity index (χ1n) is 23.7. The number of benzene rings is 6. The number of hydrogen-bond acceptors (Lipinski definition) is 4. The van der Waals surface area contributed by atoms with Gasteiger partial charge in [0.15, 0.2) is 0 Å². The van der Waals surface area contributed by atoms with Crippen LogP contribution in [0.4, 0.5) is 0 Å². The second kappa shape index (κ2) is 20.2. The molecule has 0 saturated carbocycles. The topological polar surface area (TPSA) is 56.7 Å². The Bertz CT molecular complexity index is 3320. The van der Waals surface area contributed by atoms with Gasteiger partial charge in [-0.1, -0.05) is 163 Å². The van der Waals surface area contributed by atoms with Crippen molar-refractivity contribution in [3.8, 4) is 50.7 Å². The molecular formula is C61H60IrN4OSi-2. The van der Waals surface area contributed by atoms with Crippen molar-refractivity contribution in [2.75, 3.05) is 0 Å². The van der Waals surface area contributed by atoms with E-state index in [9.17, 15) is 0 Å². The van der Waals surface area contributed by atoms with Gasteiger partial charge in [-0.15, -0.1) is 53.6 Å².